The van der Waals surface area contributed by atoms with Crippen molar-refractivity contribution in [3.05, 3.63) is 29.8 Å². The molecule has 0 atom stereocenters. The topological polar surface area (TPSA) is 83.9 Å². The van der Waals surface area contributed by atoms with Crippen LogP contribution in [0, 0.1) is 0 Å². The lowest BCUT2D eigenvalue weighted by Gasteiger charge is -2.20. The molecule has 0 unspecified atom stereocenters. The van der Waals surface area contributed by atoms with Gasteiger partial charge in [-0.05, 0) is 43.4 Å². The number of aliphatic carboxylic acids is 1. The smallest absolute Gasteiger partial charge is 0.303 e. The number of benzene rings is 1. The van der Waals surface area contributed by atoms with Crippen LogP contribution in [-0.4, -0.2) is 50.3 Å². The molecule has 0 saturated heterocycles. The molecule has 1 rings (SSSR count). The van der Waals surface area contributed by atoms with Gasteiger partial charge in [0.2, 0.25) is 10.0 Å². The van der Waals surface area contributed by atoms with Gasteiger partial charge in [0.1, 0.15) is 5.75 Å². The molecule has 25 heavy (non-hydrogen) atoms. The molecule has 0 saturated carbocycles. The van der Waals surface area contributed by atoms with Crippen molar-refractivity contribution < 1.29 is 23.1 Å². The van der Waals surface area contributed by atoms with E-state index in [4.69, 9.17) is 9.84 Å². The number of nitrogens with zero attached hydrogens (tertiary/aromatic N) is 1. The summed E-state index contributed by atoms with van der Waals surface area (Å²) >= 11 is 0. The Morgan fingerprint density at radius 3 is 2.44 bits per heavy atom. The first-order valence-electron chi connectivity index (χ1n) is 8.63. The number of aryl methyl sites for hydroxylation is 1. The molecule has 0 bridgehead atoms. The second-order valence-corrected chi connectivity index (χ2v) is 8.16. The monoisotopic (exact) mass is 371 g/mol. The van der Waals surface area contributed by atoms with Gasteiger partial charge in [-0.25, -0.2) is 12.7 Å². The van der Waals surface area contributed by atoms with Gasteiger partial charge in [0, 0.05) is 19.5 Å². The lowest BCUT2D eigenvalue weighted by molar-refractivity contribution is -0.137. The van der Waals surface area contributed by atoms with E-state index in [0.717, 1.165) is 43.4 Å². The van der Waals surface area contributed by atoms with Crippen molar-refractivity contribution in [3.8, 4) is 5.75 Å². The standard InChI is InChI=1S/C18H29NO5S/c1-24-17-11-7-9-16(15-17)10-8-14-19(25(2,22)23)13-6-4-3-5-12-18(20)21/h7,9,11,15H,3-6,8,10,12-14H2,1-2H3,(H,20,21). The fourth-order valence-electron chi connectivity index (χ4n) is 2.65. The van der Waals surface area contributed by atoms with E-state index in [0.29, 0.717) is 19.5 Å². The van der Waals surface area contributed by atoms with Gasteiger partial charge in [-0.3, -0.25) is 4.79 Å². The van der Waals surface area contributed by atoms with Crippen LogP contribution < -0.4 is 4.74 Å². The van der Waals surface area contributed by atoms with Crippen molar-refractivity contribution in [1.29, 1.82) is 0 Å². The molecule has 0 aromatic heterocycles. The summed E-state index contributed by atoms with van der Waals surface area (Å²) < 4.78 is 30.5. The first kappa shape index (κ1) is 21.4. The maximum Gasteiger partial charge on any atom is 0.303 e. The number of unbranched alkanes of at least 4 members (excludes halogenated alkanes) is 3. The molecule has 0 aliphatic heterocycles. The maximum atomic E-state index is 11.9. The highest BCUT2D eigenvalue weighted by molar-refractivity contribution is 7.88. The highest BCUT2D eigenvalue weighted by atomic mass is 32.2. The van der Waals surface area contributed by atoms with Crippen LogP contribution in [0.4, 0.5) is 0 Å². The van der Waals surface area contributed by atoms with Gasteiger partial charge in [-0.1, -0.05) is 25.0 Å². The van der Waals surface area contributed by atoms with E-state index in [1.54, 1.807) is 7.11 Å². The highest BCUT2D eigenvalue weighted by Gasteiger charge is 2.15. The number of carboxylic acids is 1. The van der Waals surface area contributed by atoms with Crippen LogP contribution in [0.15, 0.2) is 24.3 Å². The Morgan fingerprint density at radius 2 is 1.80 bits per heavy atom. The fraction of sp³-hybridized carbons (Fsp3) is 0.611. The third-order valence-electron chi connectivity index (χ3n) is 4.02. The highest BCUT2D eigenvalue weighted by Crippen LogP contribution is 2.15. The molecular weight excluding hydrogens is 342 g/mol. The van der Waals surface area contributed by atoms with Gasteiger partial charge >= 0.3 is 5.97 Å². The van der Waals surface area contributed by atoms with E-state index in [9.17, 15) is 13.2 Å². The molecule has 1 N–H and O–H groups in total. The third kappa shape index (κ3) is 9.45. The Balaban J connectivity index is 2.37. The molecule has 1 aromatic rings. The molecular formula is C18H29NO5S. The fourth-order valence-corrected chi connectivity index (χ4v) is 3.57. The van der Waals surface area contributed by atoms with Crippen molar-refractivity contribution in [3.63, 3.8) is 0 Å². The minimum Gasteiger partial charge on any atom is -0.497 e. The summed E-state index contributed by atoms with van der Waals surface area (Å²) in [6.45, 7) is 0.981. The van der Waals surface area contributed by atoms with Crippen LogP contribution in [0.1, 0.15) is 44.1 Å². The number of hydrogen-bond donors (Lipinski definition) is 1. The molecule has 7 heteroatoms. The summed E-state index contributed by atoms with van der Waals surface area (Å²) in [6, 6.07) is 7.79. The Kier molecular flexibility index (Phi) is 9.52. The Hall–Kier alpha value is -1.60. The summed E-state index contributed by atoms with van der Waals surface area (Å²) in [4.78, 5) is 10.5. The summed E-state index contributed by atoms with van der Waals surface area (Å²) in [5, 5.41) is 8.59. The average Bonchev–Trinajstić information content (AvgIpc) is 2.55. The second kappa shape index (κ2) is 11.1. The lowest BCUT2D eigenvalue weighted by atomic mass is 10.1. The zero-order chi connectivity index (χ0) is 18.7. The molecule has 1 aromatic carbocycles. The number of hydrogen-bond acceptors (Lipinski definition) is 4. The first-order valence-corrected chi connectivity index (χ1v) is 10.5. The summed E-state index contributed by atoms with van der Waals surface area (Å²) in [5.41, 5.74) is 1.13. The molecule has 0 spiro atoms. The first-order chi connectivity index (χ1) is 11.8. The predicted octanol–water partition coefficient (Wildman–Crippen LogP) is 2.92. The zero-order valence-electron chi connectivity index (χ0n) is 15.1. The number of ether oxygens (including phenoxy) is 1. The molecule has 0 fully saturated rings. The second-order valence-electron chi connectivity index (χ2n) is 6.18. The molecule has 0 radical (unpaired) electrons. The largest absolute Gasteiger partial charge is 0.497 e. The molecule has 6 nitrogen and oxygen atoms in total. The molecule has 0 amide bonds. The quantitative estimate of drug-likeness (QED) is 0.539. The van der Waals surface area contributed by atoms with Crippen LogP contribution in [0.25, 0.3) is 0 Å². The summed E-state index contributed by atoms with van der Waals surface area (Å²) in [5.74, 6) is 0.0223. The van der Waals surface area contributed by atoms with Crippen LogP contribution in [0.2, 0.25) is 0 Å². The van der Waals surface area contributed by atoms with Crippen molar-refractivity contribution in [1.82, 2.24) is 4.31 Å². The van der Waals surface area contributed by atoms with Crippen LogP contribution in [0.3, 0.4) is 0 Å². The maximum absolute atomic E-state index is 11.9. The number of carbonyl (C=O) groups is 1. The van der Waals surface area contributed by atoms with Crippen LogP contribution >= 0.6 is 0 Å². The number of carboxylic acid groups (broad SMARTS) is 1. The third-order valence-corrected chi connectivity index (χ3v) is 5.33. The summed E-state index contributed by atoms with van der Waals surface area (Å²) in [6.07, 6.45) is 6.01. The Morgan fingerprint density at radius 1 is 1.12 bits per heavy atom. The number of rotatable bonds is 13. The van der Waals surface area contributed by atoms with Gasteiger partial charge in [0.05, 0.1) is 13.4 Å². The lowest BCUT2D eigenvalue weighted by Crippen LogP contribution is -2.32. The normalized spacial score (nSPS) is 11.6. The van der Waals surface area contributed by atoms with E-state index in [1.165, 1.54) is 10.6 Å². The minimum absolute atomic E-state index is 0.177. The van der Waals surface area contributed by atoms with Gasteiger partial charge in [-0.2, -0.15) is 0 Å². The van der Waals surface area contributed by atoms with E-state index in [2.05, 4.69) is 0 Å². The molecule has 0 aliphatic carbocycles. The van der Waals surface area contributed by atoms with Gasteiger partial charge in [0.25, 0.3) is 0 Å². The van der Waals surface area contributed by atoms with E-state index < -0.39 is 16.0 Å². The molecule has 0 aliphatic rings. The van der Waals surface area contributed by atoms with Crippen molar-refractivity contribution in [2.45, 2.75) is 44.9 Å². The van der Waals surface area contributed by atoms with Crippen molar-refractivity contribution in [2.75, 3.05) is 26.5 Å². The van der Waals surface area contributed by atoms with Crippen molar-refractivity contribution in [2.24, 2.45) is 0 Å². The average molecular weight is 371 g/mol. The van der Waals surface area contributed by atoms with Gasteiger partial charge < -0.3 is 9.84 Å². The molecule has 0 heterocycles. The van der Waals surface area contributed by atoms with Crippen molar-refractivity contribution >= 4 is 16.0 Å². The van der Waals surface area contributed by atoms with Gasteiger partial charge in [-0.15, -0.1) is 0 Å². The zero-order valence-corrected chi connectivity index (χ0v) is 15.9. The summed E-state index contributed by atoms with van der Waals surface area (Å²) in [7, 11) is -1.60. The SMILES string of the molecule is COc1cccc(CCCN(CCCCCCC(=O)O)S(C)(=O)=O)c1. The number of sulfonamides is 1. The van der Waals surface area contributed by atoms with E-state index >= 15 is 0 Å². The minimum atomic E-state index is -3.22. The van der Waals surface area contributed by atoms with Gasteiger partial charge in [0.15, 0.2) is 0 Å². The molecule has 142 valence electrons. The van der Waals surface area contributed by atoms with E-state index in [-0.39, 0.29) is 6.42 Å². The van der Waals surface area contributed by atoms with Crippen LogP contribution in [0.5, 0.6) is 5.75 Å². The predicted molar refractivity (Wildman–Crippen MR) is 98.5 cm³/mol. The van der Waals surface area contributed by atoms with E-state index in [1.807, 2.05) is 24.3 Å². The van der Waals surface area contributed by atoms with Crippen LogP contribution in [-0.2, 0) is 21.2 Å². The number of methoxy groups -OCH3 is 1. The Bertz CT molecular complexity index is 630. The Labute approximate surface area is 150 Å².